The number of fused-ring (bicyclic) bond motifs is 2. The number of rotatable bonds is 0. The van der Waals surface area contributed by atoms with Crippen molar-refractivity contribution in [1.29, 1.82) is 0 Å². The number of nitrogens with two attached hydrogens (primary N) is 2. The van der Waals surface area contributed by atoms with Crippen LogP contribution in [0.1, 0.15) is 44.5 Å². The van der Waals surface area contributed by atoms with Crippen LogP contribution in [-0.4, -0.2) is 10.2 Å². The van der Waals surface area contributed by atoms with Crippen molar-refractivity contribution in [3.05, 3.63) is 68.8 Å². The Labute approximate surface area is 190 Å². The van der Waals surface area contributed by atoms with Gasteiger partial charge in [-0.3, -0.25) is 0 Å². The first-order valence-corrected chi connectivity index (χ1v) is 10.8. The van der Waals surface area contributed by atoms with Crippen LogP contribution in [0, 0.1) is 55.4 Å². The second-order valence-corrected chi connectivity index (χ2v) is 9.03. The van der Waals surface area contributed by atoms with Gasteiger partial charge in [0.15, 0.2) is 0 Å². The van der Waals surface area contributed by atoms with Gasteiger partial charge in [-0.2, -0.15) is 0 Å². The highest BCUT2D eigenvalue weighted by Gasteiger charge is 2.14. The molecule has 4 aromatic rings. The van der Waals surface area contributed by atoms with E-state index in [9.17, 15) is 10.2 Å². The largest absolute Gasteiger partial charge is 0.507 e. The maximum Gasteiger partial charge on any atom is 0.128 e. The molecule has 4 aromatic carbocycles. The zero-order valence-corrected chi connectivity index (χ0v) is 20.4. The molecular formula is C28H34N2O2. The van der Waals surface area contributed by atoms with Crippen molar-refractivity contribution in [3.8, 4) is 11.5 Å². The van der Waals surface area contributed by atoms with Gasteiger partial charge in [0.25, 0.3) is 0 Å². The van der Waals surface area contributed by atoms with Crippen molar-refractivity contribution in [1.82, 2.24) is 0 Å². The number of aryl methyl sites for hydroxylation is 6. The van der Waals surface area contributed by atoms with E-state index in [2.05, 4.69) is 24.3 Å². The molecule has 0 fully saturated rings. The molecule has 0 aromatic heterocycles. The Hall–Kier alpha value is -3.40. The molecule has 4 rings (SSSR count). The van der Waals surface area contributed by atoms with E-state index in [1.54, 1.807) is 0 Å². The van der Waals surface area contributed by atoms with Crippen LogP contribution < -0.4 is 11.5 Å². The fourth-order valence-electron chi connectivity index (χ4n) is 4.32. The smallest absolute Gasteiger partial charge is 0.128 e. The van der Waals surface area contributed by atoms with E-state index in [1.165, 1.54) is 0 Å². The SMILES string of the molecule is Cc1cc2c(C)cc(C)c(N)c2c(O)c1C.Cc1cc2c(C)cc(C)c(N)c2c(O)c1C. The summed E-state index contributed by atoms with van der Waals surface area (Å²) in [5.74, 6) is 0.638. The topological polar surface area (TPSA) is 92.5 Å². The molecule has 0 spiro atoms. The maximum atomic E-state index is 10.2. The van der Waals surface area contributed by atoms with E-state index in [0.29, 0.717) is 22.9 Å². The summed E-state index contributed by atoms with van der Waals surface area (Å²) in [5.41, 5.74) is 21.8. The Morgan fingerprint density at radius 2 is 0.781 bits per heavy atom. The summed E-state index contributed by atoms with van der Waals surface area (Å²) in [7, 11) is 0. The Morgan fingerprint density at radius 3 is 1.09 bits per heavy atom. The lowest BCUT2D eigenvalue weighted by atomic mass is 9.95. The van der Waals surface area contributed by atoms with Crippen LogP contribution >= 0.6 is 0 Å². The summed E-state index contributed by atoms with van der Waals surface area (Å²) < 4.78 is 0. The van der Waals surface area contributed by atoms with Crippen LogP contribution in [-0.2, 0) is 0 Å². The van der Waals surface area contributed by atoms with Crippen LogP contribution in [0.3, 0.4) is 0 Å². The molecule has 0 saturated heterocycles. The Kier molecular flexibility index (Phi) is 6.01. The second kappa shape index (κ2) is 8.27. The third-order valence-electron chi connectivity index (χ3n) is 6.73. The molecule has 0 aliphatic heterocycles. The Bertz CT molecular complexity index is 1280. The molecule has 0 radical (unpaired) electrons. The summed E-state index contributed by atoms with van der Waals surface area (Å²) in [6, 6.07) is 8.31. The predicted octanol–water partition coefficient (Wildman–Crippen LogP) is 6.72. The van der Waals surface area contributed by atoms with Crippen LogP contribution in [0.2, 0.25) is 0 Å². The van der Waals surface area contributed by atoms with Crippen LogP contribution in [0.25, 0.3) is 21.5 Å². The summed E-state index contributed by atoms with van der Waals surface area (Å²) >= 11 is 0. The van der Waals surface area contributed by atoms with Gasteiger partial charge in [-0.05, 0) is 111 Å². The molecule has 32 heavy (non-hydrogen) atoms. The second-order valence-electron chi connectivity index (χ2n) is 9.03. The number of aromatic hydroxyl groups is 2. The van der Waals surface area contributed by atoms with Gasteiger partial charge in [0.2, 0.25) is 0 Å². The van der Waals surface area contributed by atoms with E-state index in [1.807, 2.05) is 55.4 Å². The van der Waals surface area contributed by atoms with Gasteiger partial charge in [-0.15, -0.1) is 0 Å². The minimum Gasteiger partial charge on any atom is -0.507 e. The molecule has 6 N–H and O–H groups in total. The molecule has 0 bridgehead atoms. The van der Waals surface area contributed by atoms with E-state index in [4.69, 9.17) is 11.5 Å². The first kappa shape index (κ1) is 23.3. The van der Waals surface area contributed by atoms with Gasteiger partial charge >= 0.3 is 0 Å². The van der Waals surface area contributed by atoms with Gasteiger partial charge in [-0.25, -0.2) is 0 Å². The van der Waals surface area contributed by atoms with Crippen LogP contribution in [0.5, 0.6) is 11.5 Å². The zero-order chi connectivity index (χ0) is 24.1. The summed E-state index contributed by atoms with van der Waals surface area (Å²) in [6.45, 7) is 15.9. The fraction of sp³-hybridized carbons (Fsp3) is 0.286. The van der Waals surface area contributed by atoms with Gasteiger partial charge in [0, 0.05) is 22.1 Å². The summed E-state index contributed by atoms with van der Waals surface area (Å²) in [6.07, 6.45) is 0. The molecule has 0 heterocycles. The first-order valence-electron chi connectivity index (χ1n) is 10.8. The average Bonchev–Trinajstić information content (AvgIpc) is 2.73. The number of nitrogen functional groups attached to an aromatic ring is 2. The quantitative estimate of drug-likeness (QED) is 0.233. The first-order chi connectivity index (χ1) is 14.9. The standard InChI is InChI=1S/2C14H17NO/c2*1-7-6-11-8(2)5-9(3)13(15)12(11)14(16)10(7)4/h2*5-6,16H,15H2,1-4H3. The molecule has 4 heteroatoms. The number of phenols is 2. The average molecular weight is 431 g/mol. The number of anilines is 2. The number of phenolic OH excluding ortho intramolecular Hbond substituents is 2. The summed E-state index contributed by atoms with van der Waals surface area (Å²) in [4.78, 5) is 0. The lowest BCUT2D eigenvalue weighted by molar-refractivity contribution is 0.476. The molecule has 0 amide bonds. The normalized spacial score (nSPS) is 11.0. The van der Waals surface area contributed by atoms with Crippen molar-refractivity contribution in [3.63, 3.8) is 0 Å². The molecule has 0 atom stereocenters. The maximum absolute atomic E-state index is 10.2. The summed E-state index contributed by atoms with van der Waals surface area (Å²) in [5, 5.41) is 24.1. The van der Waals surface area contributed by atoms with Crippen LogP contribution in [0.4, 0.5) is 11.4 Å². The van der Waals surface area contributed by atoms with Gasteiger partial charge in [-0.1, -0.05) is 24.3 Å². The van der Waals surface area contributed by atoms with E-state index in [-0.39, 0.29) is 0 Å². The monoisotopic (exact) mass is 430 g/mol. The van der Waals surface area contributed by atoms with Crippen molar-refractivity contribution >= 4 is 32.9 Å². The Morgan fingerprint density at radius 1 is 0.469 bits per heavy atom. The highest BCUT2D eigenvalue weighted by atomic mass is 16.3. The lowest BCUT2D eigenvalue weighted by Crippen LogP contribution is -1.96. The third-order valence-corrected chi connectivity index (χ3v) is 6.73. The minimum atomic E-state index is 0.319. The van der Waals surface area contributed by atoms with Gasteiger partial charge in [0.05, 0.1) is 0 Å². The van der Waals surface area contributed by atoms with Crippen LogP contribution in [0.15, 0.2) is 24.3 Å². The fourth-order valence-corrected chi connectivity index (χ4v) is 4.32. The van der Waals surface area contributed by atoms with Gasteiger partial charge in [0.1, 0.15) is 11.5 Å². The van der Waals surface area contributed by atoms with Crippen molar-refractivity contribution < 1.29 is 10.2 Å². The number of hydrogen-bond donors (Lipinski definition) is 4. The predicted molar refractivity (Wildman–Crippen MR) is 138 cm³/mol. The highest BCUT2D eigenvalue weighted by molar-refractivity contribution is 6.03. The van der Waals surface area contributed by atoms with E-state index < -0.39 is 0 Å². The molecule has 0 aliphatic rings. The molecule has 4 nitrogen and oxygen atoms in total. The Balaban J connectivity index is 0.000000181. The van der Waals surface area contributed by atoms with E-state index in [0.717, 1.165) is 66.1 Å². The van der Waals surface area contributed by atoms with E-state index >= 15 is 0 Å². The van der Waals surface area contributed by atoms with Gasteiger partial charge < -0.3 is 21.7 Å². The van der Waals surface area contributed by atoms with Crippen molar-refractivity contribution in [2.24, 2.45) is 0 Å². The molecule has 0 saturated carbocycles. The molecule has 168 valence electrons. The van der Waals surface area contributed by atoms with Crippen molar-refractivity contribution in [2.75, 3.05) is 11.5 Å². The number of benzene rings is 4. The minimum absolute atomic E-state index is 0.319. The highest BCUT2D eigenvalue weighted by Crippen LogP contribution is 2.39. The molecule has 0 unspecified atom stereocenters. The molecular weight excluding hydrogens is 396 g/mol. The zero-order valence-electron chi connectivity index (χ0n) is 20.4. The third kappa shape index (κ3) is 3.70. The lowest BCUT2D eigenvalue weighted by Gasteiger charge is -2.14. The number of hydrogen-bond acceptors (Lipinski definition) is 4. The van der Waals surface area contributed by atoms with Crippen molar-refractivity contribution in [2.45, 2.75) is 55.4 Å². The molecule has 0 aliphatic carbocycles.